The molecule has 0 bridgehead atoms. The van der Waals surface area contributed by atoms with Crippen LogP contribution in [0.1, 0.15) is 19.4 Å². The Balaban J connectivity index is 2.66. The Bertz CT molecular complexity index is 520. The fraction of sp³-hybridized carbons (Fsp3) is 0.429. The van der Waals surface area contributed by atoms with Crippen LogP contribution < -0.4 is 15.5 Å². The second-order valence-corrected chi connectivity index (χ2v) is 4.93. The third kappa shape index (κ3) is 5.57. The molecule has 0 aliphatic carbocycles. The molecule has 0 aliphatic rings. The van der Waals surface area contributed by atoms with Crippen molar-refractivity contribution in [1.29, 1.82) is 0 Å². The lowest BCUT2D eigenvalue weighted by atomic mass is 10.1. The average molecular weight is 311 g/mol. The SMILES string of the molecule is COC[C@@H](C)NC(=S)N/N=C(\C)c1ccc(OC)cc1O. The van der Waals surface area contributed by atoms with Crippen molar-refractivity contribution in [3.05, 3.63) is 23.8 Å². The molecule has 1 aromatic carbocycles. The maximum absolute atomic E-state index is 9.92. The van der Waals surface area contributed by atoms with E-state index in [1.165, 1.54) is 6.07 Å². The summed E-state index contributed by atoms with van der Waals surface area (Å²) in [6, 6.07) is 5.11. The van der Waals surface area contributed by atoms with Crippen molar-refractivity contribution in [3.8, 4) is 11.5 Å². The summed E-state index contributed by atoms with van der Waals surface area (Å²) >= 11 is 5.12. The fourth-order valence-corrected chi connectivity index (χ4v) is 1.93. The summed E-state index contributed by atoms with van der Waals surface area (Å²) in [5.41, 5.74) is 3.95. The van der Waals surface area contributed by atoms with Crippen molar-refractivity contribution in [1.82, 2.24) is 10.7 Å². The maximum atomic E-state index is 9.92. The number of benzene rings is 1. The zero-order valence-corrected chi connectivity index (χ0v) is 13.5. The lowest BCUT2D eigenvalue weighted by Crippen LogP contribution is -2.40. The Kier molecular flexibility index (Phi) is 6.90. The van der Waals surface area contributed by atoms with Gasteiger partial charge in [0.05, 0.1) is 19.4 Å². The maximum Gasteiger partial charge on any atom is 0.187 e. The molecule has 116 valence electrons. The predicted octanol–water partition coefficient (Wildman–Crippen LogP) is 1.62. The molecule has 0 saturated heterocycles. The zero-order valence-electron chi connectivity index (χ0n) is 12.6. The number of phenols is 1. The number of hydrogen-bond acceptors (Lipinski definition) is 5. The summed E-state index contributed by atoms with van der Waals surface area (Å²) in [4.78, 5) is 0. The minimum absolute atomic E-state index is 0.0832. The highest BCUT2D eigenvalue weighted by Crippen LogP contribution is 2.23. The molecule has 0 amide bonds. The van der Waals surface area contributed by atoms with Gasteiger partial charge in [0.15, 0.2) is 5.11 Å². The second kappa shape index (κ2) is 8.43. The highest BCUT2D eigenvalue weighted by molar-refractivity contribution is 7.80. The van der Waals surface area contributed by atoms with Crippen LogP contribution in [0, 0.1) is 0 Å². The molecule has 1 atom stereocenters. The van der Waals surface area contributed by atoms with E-state index < -0.39 is 0 Å². The summed E-state index contributed by atoms with van der Waals surface area (Å²) in [5.74, 6) is 0.687. The van der Waals surface area contributed by atoms with Crippen LogP contribution in [0.3, 0.4) is 0 Å². The van der Waals surface area contributed by atoms with Gasteiger partial charge in [0.1, 0.15) is 11.5 Å². The molecule has 7 heteroatoms. The van der Waals surface area contributed by atoms with Gasteiger partial charge in [-0.25, -0.2) is 0 Å². The van der Waals surface area contributed by atoms with E-state index >= 15 is 0 Å². The van der Waals surface area contributed by atoms with Gasteiger partial charge >= 0.3 is 0 Å². The van der Waals surface area contributed by atoms with Crippen molar-refractivity contribution in [3.63, 3.8) is 0 Å². The minimum Gasteiger partial charge on any atom is -0.507 e. The van der Waals surface area contributed by atoms with Gasteiger partial charge in [-0.15, -0.1) is 0 Å². The predicted molar refractivity (Wildman–Crippen MR) is 87.1 cm³/mol. The molecule has 6 nitrogen and oxygen atoms in total. The molecule has 21 heavy (non-hydrogen) atoms. The van der Waals surface area contributed by atoms with Crippen LogP contribution in [-0.2, 0) is 4.74 Å². The van der Waals surface area contributed by atoms with E-state index in [1.807, 2.05) is 6.92 Å². The number of nitrogens with one attached hydrogen (secondary N) is 2. The minimum atomic E-state index is 0.0832. The number of rotatable bonds is 6. The number of methoxy groups -OCH3 is 2. The van der Waals surface area contributed by atoms with Crippen LogP contribution in [0.25, 0.3) is 0 Å². The quantitative estimate of drug-likeness (QED) is 0.421. The Hall–Kier alpha value is -1.86. The Morgan fingerprint density at radius 1 is 1.43 bits per heavy atom. The molecule has 0 unspecified atom stereocenters. The van der Waals surface area contributed by atoms with Crippen molar-refractivity contribution in [2.24, 2.45) is 5.10 Å². The summed E-state index contributed by atoms with van der Waals surface area (Å²) in [5, 5.41) is 17.5. The molecule has 0 aliphatic heterocycles. The van der Waals surface area contributed by atoms with Gasteiger partial charge in [-0.05, 0) is 38.2 Å². The fourth-order valence-electron chi connectivity index (χ4n) is 1.69. The van der Waals surface area contributed by atoms with E-state index in [2.05, 4.69) is 15.8 Å². The number of nitrogens with zero attached hydrogens (tertiary/aromatic N) is 1. The summed E-state index contributed by atoms with van der Waals surface area (Å²) in [6.45, 7) is 4.27. The van der Waals surface area contributed by atoms with Crippen molar-refractivity contribution in [2.45, 2.75) is 19.9 Å². The average Bonchev–Trinajstić information content (AvgIpc) is 2.44. The van der Waals surface area contributed by atoms with Crippen LogP contribution >= 0.6 is 12.2 Å². The highest BCUT2D eigenvalue weighted by Gasteiger charge is 2.07. The molecular weight excluding hydrogens is 290 g/mol. The van der Waals surface area contributed by atoms with Gasteiger partial charge in [-0.3, -0.25) is 5.43 Å². The first-order valence-electron chi connectivity index (χ1n) is 6.45. The number of aromatic hydroxyl groups is 1. The molecule has 0 saturated carbocycles. The molecular formula is C14H21N3O3S. The smallest absolute Gasteiger partial charge is 0.187 e. The molecule has 0 radical (unpaired) electrons. The van der Waals surface area contributed by atoms with Crippen molar-refractivity contribution >= 4 is 23.0 Å². The van der Waals surface area contributed by atoms with Gasteiger partial charge in [0, 0.05) is 24.8 Å². The lowest BCUT2D eigenvalue weighted by molar-refractivity contribution is 0.179. The number of phenolic OH excluding ortho intramolecular Hbond substituents is 1. The van der Waals surface area contributed by atoms with Gasteiger partial charge < -0.3 is 19.9 Å². The topological polar surface area (TPSA) is 75.1 Å². The van der Waals surface area contributed by atoms with Crippen molar-refractivity contribution in [2.75, 3.05) is 20.8 Å². The number of ether oxygens (including phenoxy) is 2. The Morgan fingerprint density at radius 3 is 2.71 bits per heavy atom. The number of hydrazone groups is 1. The first-order valence-corrected chi connectivity index (χ1v) is 6.85. The van der Waals surface area contributed by atoms with Gasteiger partial charge in [0.2, 0.25) is 0 Å². The van der Waals surface area contributed by atoms with Gasteiger partial charge in [-0.1, -0.05) is 0 Å². The monoisotopic (exact) mass is 311 g/mol. The van der Waals surface area contributed by atoms with E-state index in [0.29, 0.717) is 28.7 Å². The van der Waals surface area contributed by atoms with E-state index in [-0.39, 0.29) is 11.8 Å². The van der Waals surface area contributed by atoms with Crippen LogP contribution in [-0.4, -0.2) is 42.8 Å². The third-order valence-corrected chi connectivity index (χ3v) is 2.92. The Morgan fingerprint density at radius 2 is 2.14 bits per heavy atom. The number of thiocarbonyl (C=S) groups is 1. The number of hydrogen-bond donors (Lipinski definition) is 3. The Labute approximate surface area is 130 Å². The second-order valence-electron chi connectivity index (χ2n) is 4.52. The standard InChI is InChI=1S/C14H21N3O3S/c1-9(8-19-3)15-14(21)17-16-10(2)12-6-5-11(20-4)7-13(12)18/h5-7,9,18H,8H2,1-4H3,(H2,15,17,21)/b16-10+/t9-/m1/s1. The molecule has 1 rings (SSSR count). The molecule has 0 heterocycles. The molecule has 0 spiro atoms. The van der Waals surface area contributed by atoms with Crippen LogP contribution in [0.2, 0.25) is 0 Å². The van der Waals surface area contributed by atoms with Crippen LogP contribution in [0.15, 0.2) is 23.3 Å². The van der Waals surface area contributed by atoms with Gasteiger partial charge in [0.25, 0.3) is 0 Å². The van der Waals surface area contributed by atoms with Crippen molar-refractivity contribution < 1.29 is 14.6 Å². The highest BCUT2D eigenvalue weighted by atomic mass is 32.1. The van der Waals surface area contributed by atoms with E-state index in [1.54, 1.807) is 33.3 Å². The largest absolute Gasteiger partial charge is 0.507 e. The van der Waals surface area contributed by atoms with Gasteiger partial charge in [-0.2, -0.15) is 5.10 Å². The summed E-state index contributed by atoms with van der Waals surface area (Å²) in [7, 11) is 3.17. The zero-order chi connectivity index (χ0) is 15.8. The van der Waals surface area contributed by atoms with E-state index in [0.717, 1.165) is 0 Å². The molecule has 1 aromatic rings. The molecule has 0 aromatic heterocycles. The normalized spacial score (nSPS) is 12.7. The molecule has 3 N–H and O–H groups in total. The third-order valence-electron chi connectivity index (χ3n) is 2.71. The summed E-state index contributed by atoms with van der Waals surface area (Å²) in [6.07, 6.45) is 0. The van der Waals surface area contributed by atoms with Crippen LogP contribution in [0.5, 0.6) is 11.5 Å². The molecule has 0 fully saturated rings. The first kappa shape index (κ1) is 17.2. The summed E-state index contributed by atoms with van der Waals surface area (Å²) < 4.78 is 10.0. The van der Waals surface area contributed by atoms with E-state index in [9.17, 15) is 5.11 Å². The lowest BCUT2D eigenvalue weighted by Gasteiger charge is -2.14. The van der Waals surface area contributed by atoms with E-state index in [4.69, 9.17) is 21.7 Å². The van der Waals surface area contributed by atoms with Crippen LogP contribution in [0.4, 0.5) is 0 Å². The first-order chi connectivity index (χ1) is 9.97.